The van der Waals surface area contributed by atoms with Crippen LogP contribution in [-0.4, -0.2) is 41.9 Å². The van der Waals surface area contributed by atoms with E-state index < -0.39 is 0 Å². The van der Waals surface area contributed by atoms with Gasteiger partial charge in [0.2, 0.25) is 11.8 Å². The highest BCUT2D eigenvalue weighted by Crippen LogP contribution is 2.31. The Kier molecular flexibility index (Phi) is 7.56. The maximum absolute atomic E-state index is 12.8. The normalized spacial score (nSPS) is 33.1. The van der Waals surface area contributed by atoms with E-state index >= 15 is 0 Å². The molecule has 0 aromatic carbocycles. The smallest absolute Gasteiger partial charge is 0.225 e. The minimum Gasteiger partial charge on any atom is -0.353 e. The van der Waals surface area contributed by atoms with Crippen LogP contribution in [0.1, 0.15) is 64.7 Å². The van der Waals surface area contributed by atoms with E-state index in [0.29, 0.717) is 24.4 Å². The molecule has 25 heavy (non-hydrogen) atoms. The molecule has 0 spiro atoms. The van der Waals surface area contributed by atoms with Crippen LogP contribution in [0.25, 0.3) is 0 Å². The Labute approximate surface area is 157 Å². The van der Waals surface area contributed by atoms with Gasteiger partial charge in [0.1, 0.15) is 0 Å². The second kappa shape index (κ2) is 9.22. The largest absolute Gasteiger partial charge is 0.353 e. The molecule has 144 valence electrons. The first-order valence-electron chi connectivity index (χ1n) is 9.89. The molecule has 2 unspecified atom stereocenters. The van der Waals surface area contributed by atoms with Crippen molar-refractivity contribution in [2.24, 2.45) is 23.5 Å². The number of rotatable bonds is 4. The van der Waals surface area contributed by atoms with Crippen LogP contribution in [0.4, 0.5) is 0 Å². The summed E-state index contributed by atoms with van der Waals surface area (Å²) in [5.74, 6) is 1.41. The highest BCUT2D eigenvalue weighted by Gasteiger charge is 2.37. The van der Waals surface area contributed by atoms with Gasteiger partial charge < -0.3 is 16.0 Å². The number of halogens is 1. The zero-order valence-electron chi connectivity index (χ0n) is 15.4. The Bertz CT molecular complexity index is 460. The van der Waals surface area contributed by atoms with E-state index in [-0.39, 0.29) is 36.2 Å². The molecule has 2 aliphatic carbocycles. The fourth-order valence-electron chi connectivity index (χ4n) is 4.85. The third kappa shape index (κ3) is 4.88. The van der Waals surface area contributed by atoms with Crippen molar-refractivity contribution in [3.8, 4) is 0 Å². The lowest BCUT2D eigenvalue weighted by atomic mass is 9.84. The molecule has 2 saturated carbocycles. The van der Waals surface area contributed by atoms with Crippen molar-refractivity contribution < 1.29 is 9.59 Å². The lowest BCUT2D eigenvalue weighted by molar-refractivity contribution is -0.137. The summed E-state index contributed by atoms with van der Waals surface area (Å²) in [5, 5.41) is 3.23. The zero-order valence-corrected chi connectivity index (χ0v) is 16.2. The number of nitrogens with one attached hydrogen (secondary N) is 1. The van der Waals surface area contributed by atoms with Crippen LogP contribution < -0.4 is 11.1 Å². The van der Waals surface area contributed by atoms with Crippen LogP contribution in [-0.2, 0) is 9.59 Å². The third-order valence-corrected chi connectivity index (χ3v) is 6.43. The molecule has 0 bridgehead atoms. The lowest BCUT2D eigenvalue weighted by Gasteiger charge is -2.33. The van der Waals surface area contributed by atoms with Crippen molar-refractivity contribution in [3.05, 3.63) is 0 Å². The predicted octanol–water partition coefficient (Wildman–Crippen LogP) is 2.47. The van der Waals surface area contributed by atoms with Crippen LogP contribution in [0.15, 0.2) is 0 Å². The van der Waals surface area contributed by atoms with Gasteiger partial charge in [-0.15, -0.1) is 12.4 Å². The van der Waals surface area contributed by atoms with Crippen LogP contribution in [0.3, 0.4) is 0 Å². The van der Waals surface area contributed by atoms with Crippen molar-refractivity contribution >= 4 is 24.2 Å². The Hall–Kier alpha value is -0.810. The number of carbonyl (C=O) groups excluding carboxylic acids is 2. The fourth-order valence-corrected chi connectivity index (χ4v) is 4.85. The lowest BCUT2D eigenvalue weighted by Crippen LogP contribution is -2.44. The van der Waals surface area contributed by atoms with E-state index in [0.717, 1.165) is 51.5 Å². The Morgan fingerprint density at radius 1 is 1.04 bits per heavy atom. The Balaban J connectivity index is 0.00000225. The van der Waals surface area contributed by atoms with Crippen molar-refractivity contribution in [2.75, 3.05) is 13.1 Å². The molecule has 6 heteroatoms. The Morgan fingerprint density at radius 2 is 1.68 bits per heavy atom. The molecule has 1 heterocycles. The molecule has 3 rings (SSSR count). The topological polar surface area (TPSA) is 75.4 Å². The van der Waals surface area contributed by atoms with Crippen LogP contribution in [0, 0.1) is 17.8 Å². The molecule has 0 aromatic rings. The SMILES string of the molecule is CC1CC(CN)CN1C(=O)C1CCC(NC(=O)C2CCCC2)CC1.Cl. The quantitative estimate of drug-likeness (QED) is 0.797. The van der Waals surface area contributed by atoms with Crippen molar-refractivity contribution in [2.45, 2.75) is 76.8 Å². The summed E-state index contributed by atoms with van der Waals surface area (Å²) in [5.41, 5.74) is 5.77. The van der Waals surface area contributed by atoms with Gasteiger partial charge >= 0.3 is 0 Å². The maximum atomic E-state index is 12.8. The summed E-state index contributed by atoms with van der Waals surface area (Å²) in [6, 6.07) is 0.598. The highest BCUT2D eigenvalue weighted by molar-refractivity contribution is 5.85. The molecule has 3 fully saturated rings. The molecular formula is C19H34ClN3O2. The average Bonchev–Trinajstić information content (AvgIpc) is 3.24. The van der Waals surface area contributed by atoms with Crippen LogP contribution in [0.5, 0.6) is 0 Å². The second-order valence-corrected chi connectivity index (χ2v) is 8.22. The van der Waals surface area contributed by atoms with Crippen molar-refractivity contribution in [3.63, 3.8) is 0 Å². The minimum absolute atomic E-state index is 0. The molecule has 0 radical (unpaired) electrons. The summed E-state index contributed by atoms with van der Waals surface area (Å²) >= 11 is 0. The first-order chi connectivity index (χ1) is 11.6. The van der Waals surface area contributed by atoms with Gasteiger partial charge in [0.15, 0.2) is 0 Å². The molecule has 1 saturated heterocycles. The summed E-state index contributed by atoms with van der Waals surface area (Å²) in [4.78, 5) is 27.1. The molecule has 3 aliphatic rings. The standard InChI is InChI=1S/C19H33N3O2.ClH/c1-13-10-14(11-20)12-22(13)19(24)16-6-8-17(9-7-16)21-18(23)15-4-2-3-5-15;/h13-17H,2-12,20H2,1H3,(H,21,23);1H. The van der Waals surface area contributed by atoms with Crippen molar-refractivity contribution in [1.29, 1.82) is 0 Å². The molecule has 2 amide bonds. The van der Waals surface area contributed by atoms with Gasteiger partial charge in [0.05, 0.1) is 0 Å². The number of hydrogen-bond donors (Lipinski definition) is 2. The first kappa shape index (κ1) is 20.5. The van der Waals surface area contributed by atoms with Gasteiger partial charge in [-0.05, 0) is 64.3 Å². The van der Waals surface area contributed by atoms with Gasteiger partial charge in [0, 0.05) is 30.5 Å². The molecular weight excluding hydrogens is 338 g/mol. The molecule has 3 N–H and O–H groups in total. The number of amides is 2. The minimum atomic E-state index is 0. The van der Waals surface area contributed by atoms with Gasteiger partial charge in [-0.25, -0.2) is 0 Å². The van der Waals surface area contributed by atoms with Crippen molar-refractivity contribution in [1.82, 2.24) is 10.2 Å². The molecule has 1 aliphatic heterocycles. The summed E-state index contributed by atoms with van der Waals surface area (Å²) in [6.45, 7) is 3.64. The van der Waals surface area contributed by atoms with Gasteiger partial charge in [0.25, 0.3) is 0 Å². The highest BCUT2D eigenvalue weighted by atomic mass is 35.5. The van der Waals surface area contributed by atoms with E-state index in [1.165, 1.54) is 12.8 Å². The van der Waals surface area contributed by atoms with E-state index in [9.17, 15) is 9.59 Å². The zero-order chi connectivity index (χ0) is 17.1. The summed E-state index contributed by atoms with van der Waals surface area (Å²) in [6.07, 6.45) is 9.22. The average molecular weight is 372 g/mol. The number of nitrogens with zero attached hydrogens (tertiary/aromatic N) is 1. The number of likely N-dealkylation sites (tertiary alicyclic amines) is 1. The van der Waals surface area contributed by atoms with E-state index in [1.807, 2.05) is 0 Å². The number of hydrogen-bond acceptors (Lipinski definition) is 3. The fraction of sp³-hybridized carbons (Fsp3) is 0.895. The Morgan fingerprint density at radius 3 is 2.24 bits per heavy atom. The van der Waals surface area contributed by atoms with Crippen LogP contribution >= 0.6 is 12.4 Å². The maximum Gasteiger partial charge on any atom is 0.225 e. The number of carbonyl (C=O) groups is 2. The predicted molar refractivity (Wildman–Crippen MR) is 101 cm³/mol. The van der Waals surface area contributed by atoms with Crippen LogP contribution in [0.2, 0.25) is 0 Å². The van der Waals surface area contributed by atoms with Gasteiger partial charge in [-0.3, -0.25) is 9.59 Å². The second-order valence-electron chi connectivity index (χ2n) is 8.22. The van der Waals surface area contributed by atoms with Gasteiger partial charge in [-0.2, -0.15) is 0 Å². The van der Waals surface area contributed by atoms with E-state index in [2.05, 4.69) is 17.1 Å². The summed E-state index contributed by atoms with van der Waals surface area (Å²) in [7, 11) is 0. The number of nitrogens with two attached hydrogens (primary N) is 1. The summed E-state index contributed by atoms with van der Waals surface area (Å²) < 4.78 is 0. The monoisotopic (exact) mass is 371 g/mol. The van der Waals surface area contributed by atoms with E-state index in [1.54, 1.807) is 0 Å². The first-order valence-corrected chi connectivity index (χ1v) is 9.89. The van der Waals surface area contributed by atoms with E-state index in [4.69, 9.17) is 5.73 Å². The van der Waals surface area contributed by atoms with Gasteiger partial charge in [-0.1, -0.05) is 12.8 Å². The molecule has 0 aromatic heterocycles. The molecule has 5 nitrogen and oxygen atoms in total. The molecule has 2 atom stereocenters. The third-order valence-electron chi connectivity index (χ3n) is 6.43.